The first-order valence-electron chi connectivity index (χ1n) is 11.6. The molecule has 7 nitrogen and oxygen atoms in total. The van der Waals surface area contributed by atoms with Crippen LogP contribution in [0.15, 0.2) is 52.6 Å². The van der Waals surface area contributed by atoms with E-state index in [2.05, 4.69) is 25.3 Å². The van der Waals surface area contributed by atoms with E-state index in [9.17, 15) is 0 Å². The van der Waals surface area contributed by atoms with Crippen LogP contribution < -0.4 is 16.4 Å². The normalized spacial score (nSPS) is 19.0. The fraction of sp³-hybridized carbons (Fsp3) is 0.320. The number of aryl methyl sites for hydroxylation is 1. The van der Waals surface area contributed by atoms with Crippen LogP contribution in [0.5, 0.6) is 0 Å². The van der Waals surface area contributed by atoms with Crippen molar-refractivity contribution in [1.29, 1.82) is 0 Å². The number of aromatic nitrogens is 4. The molecule has 4 N–H and O–H groups in total. The maximum atomic E-state index is 6.79. The SMILES string of the molecule is Cc1nc(N2CCC3(CC2)Cc2ccc(Cl)cc2[C@H]3N)n2ccnc2c1Sc1ccnc(N)c1Cl. The van der Waals surface area contributed by atoms with E-state index in [0.29, 0.717) is 10.8 Å². The van der Waals surface area contributed by atoms with Crippen LogP contribution in [0, 0.1) is 12.3 Å². The molecule has 2 aliphatic rings. The summed E-state index contributed by atoms with van der Waals surface area (Å²) < 4.78 is 2.06. The number of nitrogen functional groups attached to an aromatic ring is 1. The van der Waals surface area contributed by atoms with E-state index in [1.165, 1.54) is 22.9 Å². The number of halogens is 2. The van der Waals surface area contributed by atoms with Gasteiger partial charge >= 0.3 is 0 Å². The van der Waals surface area contributed by atoms with E-state index in [-0.39, 0.29) is 11.5 Å². The molecule has 1 atom stereocenters. The molecule has 180 valence electrons. The standard InChI is InChI=1S/C25H25Cl2N7S/c1-14-20(35-18-4-7-30-22(29)19(18)27)23-31-8-11-34(23)24(32-14)33-9-5-25(6-10-33)13-15-2-3-16(26)12-17(15)21(25)28/h2-4,7-8,11-12,21H,5-6,9-10,13,28H2,1H3,(H2,29,30)/t21-/m1/s1. The highest BCUT2D eigenvalue weighted by atomic mass is 35.5. The molecule has 1 aliphatic carbocycles. The molecule has 0 radical (unpaired) electrons. The Balaban J connectivity index is 1.28. The number of hydrogen-bond donors (Lipinski definition) is 2. The van der Waals surface area contributed by atoms with Gasteiger partial charge in [0.25, 0.3) is 0 Å². The predicted octanol–water partition coefficient (Wildman–Crippen LogP) is 5.32. The molecule has 0 saturated carbocycles. The van der Waals surface area contributed by atoms with Gasteiger partial charge in [-0.3, -0.25) is 4.40 Å². The zero-order valence-electron chi connectivity index (χ0n) is 19.2. The molecule has 3 aromatic heterocycles. The van der Waals surface area contributed by atoms with Crippen molar-refractivity contribution in [3.63, 3.8) is 0 Å². The molecule has 35 heavy (non-hydrogen) atoms. The molecule has 4 aromatic rings. The number of anilines is 2. The molecule has 10 heteroatoms. The number of pyridine rings is 1. The van der Waals surface area contributed by atoms with Crippen LogP contribution in [0.4, 0.5) is 11.8 Å². The molecular weight excluding hydrogens is 501 g/mol. The molecule has 0 bridgehead atoms. The summed E-state index contributed by atoms with van der Waals surface area (Å²) in [4.78, 5) is 17.9. The molecule has 4 heterocycles. The Kier molecular flexibility index (Phi) is 5.60. The second-order valence-corrected chi connectivity index (χ2v) is 11.3. The van der Waals surface area contributed by atoms with Crippen LogP contribution >= 0.6 is 35.0 Å². The Bertz CT molecular complexity index is 1450. The third kappa shape index (κ3) is 3.74. The van der Waals surface area contributed by atoms with Gasteiger partial charge in [0.05, 0.1) is 15.6 Å². The monoisotopic (exact) mass is 525 g/mol. The number of piperidine rings is 1. The van der Waals surface area contributed by atoms with E-state index in [1.54, 1.807) is 6.20 Å². The summed E-state index contributed by atoms with van der Waals surface area (Å²) in [6.07, 6.45) is 8.44. The zero-order valence-corrected chi connectivity index (χ0v) is 21.5. The number of imidazole rings is 1. The van der Waals surface area contributed by atoms with Crippen molar-refractivity contribution in [2.75, 3.05) is 23.7 Å². The average Bonchev–Trinajstić information content (AvgIpc) is 3.43. The topological polar surface area (TPSA) is 98.4 Å². The van der Waals surface area contributed by atoms with Crippen molar-refractivity contribution in [1.82, 2.24) is 19.4 Å². The molecule has 0 amide bonds. The Morgan fingerprint density at radius 2 is 1.91 bits per heavy atom. The Morgan fingerprint density at radius 3 is 2.71 bits per heavy atom. The highest BCUT2D eigenvalue weighted by Crippen LogP contribution is 2.51. The maximum absolute atomic E-state index is 6.79. The average molecular weight is 526 g/mol. The number of nitrogens with two attached hydrogens (primary N) is 2. The molecule has 6 rings (SSSR count). The van der Waals surface area contributed by atoms with Crippen LogP contribution in [-0.4, -0.2) is 32.4 Å². The van der Waals surface area contributed by atoms with Crippen molar-refractivity contribution in [2.24, 2.45) is 11.1 Å². The lowest BCUT2D eigenvalue weighted by Crippen LogP contribution is -2.45. The van der Waals surface area contributed by atoms with Crippen LogP contribution in [0.25, 0.3) is 5.65 Å². The molecule has 1 saturated heterocycles. The Hall–Kier alpha value is -2.52. The van der Waals surface area contributed by atoms with Gasteiger partial charge in [0.2, 0.25) is 5.95 Å². The van der Waals surface area contributed by atoms with Gasteiger partial charge in [0.15, 0.2) is 5.65 Å². The fourth-order valence-electron chi connectivity index (χ4n) is 5.50. The number of fused-ring (bicyclic) bond motifs is 2. The van der Waals surface area contributed by atoms with Crippen molar-refractivity contribution in [3.8, 4) is 0 Å². The fourth-order valence-corrected chi connectivity index (χ4v) is 6.88. The Morgan fingerprint density at radius 1 is 1.11 bits per heavy atom. The van der Waals surface area contributed by atoms with E-state index in [4.69, 9.17) is 39.7 Å². The van der Waals surface area contributed by atoms with Crippen molar-refractivity contribution >= 4 is 52.4 Å². The second-order valence-electron chi connectivity index (χ2n) is 9.40. The van der Waals surface area contributed by atoms with Gasteiger partial charge in [0.1, 0.15) is 5.82 Å². The van der Waals surface area contributed by atoms with Crippen LogP contribution in [0.3, 0.4) is 0 Å². The third-order valence-electron chi connectivity index (χ3n) is 7.44. The van der Waals surface area contributed by atoms with Crippen molar-refractivity contribution in [2.45, 2.75) is 42.0 Å². The van der Waals surface area contributed by atoms with Crippen molar-refractivity contribution in [3.05, 3.63) is 69.7 Å². The maximum Gasteiger partial charge on any atom is 0.211 e. The first kappa shape index (κ1) is 22.9. The van der Waals surface area contributed by atoms with E-state index < -0.39 is 0 Å². The minimum absolute atomic E-state index is 0.0117. The summed E-state index contributed by atoms with van der Waals surface area (Å²) in [5.74, 6) is 1.22. The van der Waals surface area contributed by atoms with Gasteiger partial charge in [-0.25, -0.2) is 15.0 Å². The summed E-state index contributed by atoms with van der Waals surface area (Å²) in [6.45, 7) is 3.78. The van der Waals surface area contributed by atoms with Gasteiger partial charge < -0.3 is 16.4 Å². The molecule has 1 aromatic carbocycles. The van der Waals surface area contributed by atoms with Crippen LogP contribution in [-0.2, 0) is 6.42 Å². The van der Waals surface area contributed by atoms with E-state index in [0.717, 1.165) is 64.5 Å². The van der Waals surface area contributed by atoms with Crippen LogP contribution in [0.2, 0.25) is 10.0 Å². The number of hydrogen-bond acceptors (Lipinski definition) is 7. The minimum Gasteiger partial charge on any atom is -0.382 e. The largest absolute Gasteiger partial charge is 0.382 e. The van der Waals surface area contributed by atoms with Gasteiger partial charge in [0, 0.05) is 47.6 Å². The highest BCUT2D eigenvalue weighted by Gasteiger charge is 2.46. The minimum atomic E-state index is 0.0117. The molecule has 1 aliphatic heterocycles. The first-order chi connectivity index (χ1) is 16.9. The summed E-state index contributed by atoms with van der Waals surface area (Å²) in [5, 5.41) is 1.20. The summed E-state index contributed by atoms with van der Waals surface area (Å²) in [7, 11) is 0. The smallest absolute Gasteiger partial charge is 0.211 e. The lowest BCUT2D eigenvalue weighted by Gasteiger charge is -2.42. The number of benzene rings is 1. The molecule has 1 spiro atoms. The van der Waals surface area contributed by atoms with E-state index in [1.807, 2.05) is 37.5 Å². The molecule has 1 fully saturated rings. The Labute approximate surface area is 217 Å². The summed E-state index contributed by atoms with van der Waals surface area (Å²) in [5.41, 5.74) is 17.0. The third-order valence-corrected chi connectivity index (χ3v) is 9.42. The summed E-state index contributed by atoms with van der Waals surface area (Å²) in [6, 6.07) is 8.02. The van der Waals surface area contributed by atoms with Gasteiger partial charge in [-0.1, -0.05) is 41.0 Å². The molecule has 0 unspecified atom stereocenters. The second kappa shape index (κ2) is 8.55. The lowest BCUT2D eigenvalue weighted by molar-refractivity contribution is 0.186. The lowest BCUT2D eigenvalue weighted by atomic mass is 9.73. The van der Waals surface area contributed by atoms with Crippen molar-refractivity contribution < 1.29 is 0 Å². The van der Waals surface area contributed by atoms with Gasteiger partial charge in [-0.2, -0.15) is 0 Å². The number of nitrogens with zero attached hydrogens (tertiary/aromatic N) is 5. The van der Waals surface area contributed by atoms with Crippen LogP contribution in [0.1, 0.15) is 35.7 Å². The van der Waals surface area contributed by atoms with E-state index >= 15 is 0 Å². The van der Waals surface area contributed by atoms with Gasteiger partial charge in [-0.15, -0.1) is 0 Å². The summed E-state index contributed by atoms with van der Waals surface area (Å²) >= 11 is 14.2. The highest BCUT2D eigenvalue weighted by molar-refractivity contribution is 7.99. The first-order valence-corrected chi connectivity index (χ1v) is 13.1. The molecular formula is C25H25Cl2N7S. The quantitative estimate of drug-likeness (QED) is 0.373. The zero-order chi connectivity index (χ0) is 24.3. The predicted molar refractivity (Wildman–Crippen MR) is 141 cm³/mol. The van der Waals surface area contributed by atoms with Gasteiger partial charge in [-0.05, 0) is 60.9 Å². The number of rotatable bonds is 3.